The fourth-order valence-electron chi connectivity index (χ4n) is 4.25. The van der Waals surface area contributed by atoms with Crippen LogP contribution in [0.5, 0.6) is 0 Å². The van der Waals surface area contributed by atoms with Crippen molar-refractivity contribution in [3.8, 4) is 0 Å². The summed E-state index contributed by atoms with van der Waals surface area (Å²) in [6.45, 7) is 23.8. The van der Waals surface area contributed by atoms with Gasteiger partial charge in [-0.15, -0.1) is 0 Å². The van der Waals surface area contributed by atoms with E-state index < -0.39 is 5.60 Å². The molecule has 1 heterocycles. The summed E-state index contributed by atoms with van der Waals surface area (Å²) in [4.78, 5) is 16.7. The van der Waals surface area contributed by atoms with Crippen LogP contribution in [-0.4, -0.2) is 53.7 Å². The summed E-state index contributed by atoms with van der Waals surface area (Å²) in [5.41, 5.74) is 1.000. The Hall–Kier alpha value is -1.81. The van der Waals surface area contributed by atoms with Gasteiger partial charge in [-0.05, 0) is 57.4 Å². The van der Waals surface area contributed by atoms with Gasteiger partial charge in [-0.3, -0.25) is 4.90 Å². The highest BCUT2D eigenvalue weighted by Gasteiger charge is 2.29. The maximum Gasteiger partial charge on any atom is 0.410 e. The zero-order valence-electron chi connectivity index (χ0n) is 21.0. The molecule has 31 heavy (non-hydrogen) atoms. The van der Waals surface area contributed by atoms with Crippen LogP contribution in [0.3, 0.4) is 0 Å². The lowest BCUT2D eigenvalue weighted by molar-refractivity contribution is 0.00940. The van der Waals surface area contributed by atoms with Crippen molar-refractivity contribution >= 4 is 6.09 Å². The first-order chi connectivity index (χ1) is 14.6. The van der Waals surface area contributed by atoms with Gasteiger partial charge in [0.25, 0.3) is 0 Å². The van der Waals surface area contributed by atoms with E-state index in [1.54, 1.807) is 6.08 Å². The molecule has 1 saturated heterocycles. The summed E-state index contributed by atoms with van der Waals surface area (Å²) in [6.07, 6.45) is 15.6. The lowest BCUT2D eigenvalue weighted by Crippen LogP contribution is -2.52. The molecule has 1 amide bonds. The fourth-order valence-corrected chi connectivity index (χ4v) is 4.25. The first kappa shape index (κ1) is 27.2. The van der Waals surface area contributed by atoms with Gasteiger partial charge in [-0.1, -0.05) is 70.7 Å². The lowest BCUT2D eigenvalue weighted by atomic mass is 9.75. The Kier molecular flexibility index (Phi) is 11.3. The minimum absolute atomic E-state index is 0.140. The number of piperazine rings is 1. The normalized spacial score (nSPS) is 19.2. The van der Waals surface area contributed by atoms with E-state index in [0.29, 0.717) is 6.04 Å². The highest BCUT2D eigenvalue weighted by Crippen LogP contribution is 2.37. The smallest absolute Gasteiger partial charge is 0.410 e. The van der Waals surface area contributed by atoms with Crippen molar-refractivity contribution in [2.24, 2.45) is 5.41 Å². The van der Waals surface area contributed by atoms with Crippen molar-refractivity contribution in [3.05, 3.63) is 49.1 Å². The summed E-state index contributed by atoms with van der Waals surface area (Å²) in [6, 6.07) is 0.568. The summed E-state index contributed by atoms with van der Waals surface area (Å²) in [7, 11) is 0. The molecule has 0 aliphatic carbocycles. The standard InChI is InChI=1S/C27H46N2O2/c1-9-13-14-16-23(10-2)27(8,12-4)18-15-17-24(11-3)28-19-21-29(22-20-28)25(30)31-26(5,6)7/h9-10,13-14,16,24H,1-2,11-12,15,17-22H2,3-8H3/b14-13-,23-16+. The van der Waals surface area contributed by atoms with Crippen LogP contribution < -0.4 is 0 Å². The molecule has 0 bridgehead atoms. The van der Waals surface area contributed by atoms with E-state index in [4.69, 9.17) is 4.74 Å². The molecule has 176 valence electrons. The zero-order valence-corrected chi connectivity index (χ0v) is 21.0. The maximum atomic E-state index is 12.3. The number of rotatable bonds is 11. The van der Waals surface area contributed by atoms with Gasteiger partial charge in [-0.25, -0.2) is 4.79 Å². The van der Waals surface area contributed by atoms with Gasteiger partial charge in [0.1, 0.15) is 5.60 Å². The summed E-state index contributed by atoms with van der Waals surface area (Å²) in [5.74, 6) is 0. The largest absolute Gasteiger partial charge is 0.444 e. The van der Waals surface area contributed by atoms with E-state index in [1.165, 1.54) is 18.4 Å². The fraction of sp³-hybridized carbons (Fsp3) is 0.667. The molecule has 4 nitrogen and oxygen atoms in total. The van der Waals surface area contributed by atoms with Gasteiger partial charge in [-0.2, -0.15) is 0 Å². The average molecular weight is 431 g/mol. The van der Waals surface area contributed by atoms with E-state index in [1.807, 2.05) is 37.8 Å². The van der Waals surface area contributed by atoms with E-state index in [-0.39, 0.29) is 11.5 Å². The van der Waals surface area contributed by atoms with Crippen LogP contribution in [0, 0.1) is 5.41 Å². The third-order valence-electron chi connectivity index (χ3n) is 6.44. The quantitative estimate of drug-likeness (QED) is 0.340. The number of ether oxygens (including phenoxy) is 1. The van der Waals surface area contributed by atoms with Gasteiger partial charge >= 0.3 is 6.09 Å². The second-order valence-electron chi connectivity index (χ2n) is 9.82. The van der Waals surface area contributed by atoms with Crippen LogP contribution in [0.1, 0.15) is 73.6 Å². The van der Waals surface area contributed by atoms with E-state index in [9.17, 15) is 4.79 Å². The minimum atomic E-state index is -0.438. The molecule has 0 radical (unpaired) electrons. The average Bonchev–Trinajstić information content (AvgIpc) is 2.73. The molecule has 1 rings (SSSR count). The van der Waals surface area contributed by atoms with Crippen LogP contribution >= 0.6 is 0 Å². The van der Waals surface area contributed by atoms with Gasteiger partial charge in [0.2, 0.25) is 0 Å². The molecule has 1 aliphatic heterocycles. The second-order valence-corrected chi connectivity index (χ2v) is 9.82. The molecule has 0 spiro atoms. The Bertz CT molecular complexity index is 636. The number of carbonyl (C=O) groups excluding carboxylic acids is 1. The molecule has 2 unspecified atom stereocenters. The summed E-state index contributed by atoms with van der Waals surface area (Å²) in [5, 5.41) is 0. The molecule has 4 heteroatoms. The molecule has 1 fully saturated rings. The van der Waals surface area contributed by atoms with Crippen LogP contribution in [0.4, 0.5) is 4.79 Å². The molecule has 0 saturated carbocycles. The topological polar surface area (TPSA) is 32.8 Å². The molecule has 0 aromatic rings. The highest BCUT2D eigenvalue weighted by atomic mass is 16.6. The van der Waals surface area contributed by atoms with Crippen molar-refractivity contribution < 1.29 is 9.53 Å². The van der Waals surface area contributed by atoms with E-state index in [2.05, 4.69) is 51.0 Å². The number of amides is 1. The molecule has 0 aromatic carbocycles. The van der Waals surface area contributed by atoms with Gasteiger partial charge < -0.3 is 9.64 Å². The van der Waals surface area contributed by atoms with Crippen molar-refractivity contribution in [1.29, 1.82) is 0 Å². The molecule has 2 atom stereocenters. The summed E-state index contributed by atoms with van der Waals surface area (Å²) < 4.78 is 5.53. The predicted octanol–water partition coefficient (Wildman–Crippen LogP) is 6.76. The second kappa shape index (κ2) is 12.9. The monoisotopic (exact) mass is 430 g/mol. The van der Waals surface area contributed by atoms with Gasteiger partial charge in [0, 0.05) is 32.2 Å². The molecule has 0 aromatic heterocycles. The Morgan fingerprint density at radius 2 is 1.71 bits per heavy atom. The van der Waals surface area contributed by atoms with E-state index >= 15 is 0 Å². The van der Waals surface area contributed by atoms with Crippen LogP contribution in [-0.2, 0) is 4.74 Å². The highest BCUT2D eigenvalue weighted by molar-refractivity contribution is 5.68. The van der Waals surface area contributed by atoms with Crippen LogP contribution in [0.15, 0.2) is 49.1 Å². The number of nitrogens with zero attached hydrogens (tertiary/aromatic N) is 2. The van der Waals surface area contributed by atoms with Crippen molar-refractivity contribution in [2.45, 2.75) is 85.3 Å². The molecule has 0 N–H and O–H groups in total. The molecular formula is C27H46N2O2. The van der Waals surface area contributed by atoms with Crippen LogP contribution in [0.25, 0.3) is 0 Å². The Balaban J connectivity index is 2.61. The maximum absolute atomic E-state index is 12.3. The number of carbonyl (C=O) groups is 1. The Morgan fingerprint density at radius 3 is 2.19 bits per heavy atom. The van der Waals surface area contributed by atoms with Gasteiger partial charge in [0.05, 0.1) is 0 Å². The predicted molar refractivity (Wildman–Crippen MR) is 133 cm³/mol. The minimum Gasteiger partial charge on any atom is -0.444 e. The number of allylic oxidation sites excluding steroid dienone is 6. The lowest BCUT2D eigenvalue weighted by Gasteiger charge is -2.40. The third-order valence-corrected chi connectivity index (χ3v) is 6.44. The number of hydrogen-bond acceptors (Lipinski definition) is 3. The van der Waals surface area contributed by atoms with E-state index in [0.717, 1.165) is 45.4 Å². The van der Waals surface area contributed by atoms with Crippen molar-refractivity contribution in [1.82, 2.24) is 9.80 Å². The molecule has 1 aliphatic rings. The zero-order chi connectivity index (χ0) is 23.5. The first-order valence-corrected chi connectivity index (χ1v) is 11.9. The van der Waals surface area contributed by atoms with Gasteiger partial charge in [0.15, 0.2) is 0 Å². The third kappa shape index (κ3) is 9.06. The molecular weight excluding hydrogens is 384 g/mol. The van der Waals surface area contributed by atoms with Crippen molar-refractivity contribution in [2.75, 3.05) is 26.2 Å². The Morgan fingerprint density at radius 1 is 1.06 bits per heavy atom. The summed E-state index contributed by atoms with van der Waals surface area (Å²) >= 11 is 0. The van der Waals surface area contributed by atoms with Crippen LogP contribution in [0.2, 0.25) is 0 Å². The van der Waals surface area contributed by atoms with Crippen molar-refractivity contribution in [3.63, 3.8) is 0 Å². The SMILES string of the molecule is C=C/C=C\C=C(/C=C)C(C)(CC)CCCC(CC)N1CCN(C(=O)OC(C)(C)C)CC1. The number of hydrogen-bond donors (Lipinski definition) is 0. The first-order valence-electron chi connectivity index (χ1n) is 11.9. The Labute approximate surface area is 191 Å².